The third-order valence-corrected chi connectivity index (χ3v) is 8.91. The number of hydrogen-bond acceptors (Lipinski definition) is 7. The third-order valence-electron chi connectivity index (χ3n) is 8.91. The maximum Gasteiger partial charge on any atom is 0.410 e. The molecule has 1 aliphatic rings. The van der Waals surface area contributed by atoms with Crippen LogP contribution in [0.2, 0.25) is 0 Å². The number of ether oxygens (including phenoxy) is 4. The van der Waals surface area contributed by atoms with Crippen molar-refractivity contribution in [1.82, 2.24) is 14.8 Å². The molecule has 4 aromatic rings. The Labute approximate surface area is 301 Å². The van der Waals surface area contributed by atoms with E-state index in [0.717, 1.165) is 53.5 Å². The summed E-state index contributed by atoms with van der Waals surface area (Å²) in [7, 11) is 4.61. The number of benzene rings is 3. The largest absolute Gasteiger partial charge is 0.493 e. The molecule has 51 heavy (non-hydrogen) atoms. The first-order valence-corrected chi connectivity index (χ1v) is 17.5. The van der Waals surface area contributed by atoms with Crippen LogP contribution >= 0.6 is 0 Å². The molecule has 0 saturated heterocycles. The highest BCUT2D eigenvalue weighted by Gasteiger charge is 2.29. The topological polar surface area (TPSA) is 102 Å². The Hall–Kier alpha value is -5.25. The van der Waals surface area contributed by atoms with E-state index in [0.29, 0.717) is 42.6 Å². The molecule has 0 unspecified atom stereocenters. The number of anilines is 1. The molecule has 0 bridgehead atoms. The molecule has 3 amide bonds. The molecule has 0 spiro atoms. The van der Waals surface area contributed by atoms with Gasteiger partial charge in [-0.25, -0.2) is 9.59 Å². The van der Waals surface area contributed by atoms with E-state index in [9.17, 15) is 9.59 Å². The molecule has 5 rings (SSSR count). The van der Waals surface area contributed by atoms with Gasteiger partial charge in [-0.1, -0.05) is 73.9 Å². The zero-order valence-electron chi connectivity index (χ0n) is 30.6. The second kappa shape index (κ2) is 17.1. The number of urea groups is 1. The summed E-state index contributed by atoms with van der Waals surface area (Å²) in [5, 5.41) is 3.00. The van der Waals surface area contributed by atoms with Crippen LogP contribution in [0.15, 0.2) is 85.2 Å². The maximum absolute atomic E-state index is 13.7. The molecule has 1 aliphatic carbocycles. The first-order chi connectivity index (χ1) is 24.6. The van der Waals surface area contributed by atoms with Crippen molar-refractivity contribution < 1.29 is 28.5 Å². The molecule has 1 fully saturated rings. The molecule has 0 radical (unpaired) electrons. The van der Waals surface area contributed by atoms with E-state index in [4.69, 9.17) is 18.9 Å². The summed E-state index contributed by atoms with van der Waals surface area (Å²) in [6.45, 7) is 6.98. The van der Waals surface area contributed by atoms with Gasteiger partial charge in [-0.3, -0.25) is 4.98 Å². The average molecular weight is 695 g/mol. The molecule has 0 atom stereocenters. The number of aromatic nitrogens is 1. The third kappa shape index (κ3) is 10.2. The molecule has 1 aromatic heterocycles. The Balaban J connectivity index is 1.30. The molecule has 10 heteroatoms. The van der Waals surface area contributed by atoms with Gasteiger partial charge >= 0.3 is 12.1 Å². The van der Waals surface area contributed by atoms with Gasteiger partial charge in [-0.05, 0) is 67.5 Å². The zero-order chi connectivity index (χ0) is 36.4. The van der Waals surface area contributed by atoms with Crippen LogP contribution in [-0.2, 0) is 24.4 Å². The monoisotopic (exact) mass is 694 g/mol. The summed E-state index contributed by atoms with van der Waals surface area (Å²) in [4.78, 5) is 34.8. The van der Waals surface area contributed by atoms with Crippen molar-refractivity contribution in [3.63, 3.8) is 0 Å². The highest BCUT2D eigenvalue weighted by atomic mass is 16.6. The summed E-state index contributed by atoms with van der Waals surface area (Å²) < 4.78 is 22.2. The number of nitrogens with one attached hydrogen (secondary N) is 1. The second-order valence-corrected chi connectivity index (χ2v) is 13.9. The number of amides is 3. The lowest BCUT2D eigenvalue weighted by Crippen LogP contribution is -2.43. The standard InChI is InChI=1S/C41H50N4O6/c1-41(2,3)51-40(47)45(35-12-8-7-9-13-35)28-30-16-20-33(21-17-30)32-18-14-29(15-19-32)26-44(27-31-11-10-22-42-25-31)39(46)43-34-23-36(48-4)38(50-6)37(24-34)49-5/h10-11,14-25,35H,7-9,12-13,26-28H2,1-6H3,(H,43,46). The zero-order valence-corrected chi connectivity index (χ0v) is 30.6. The van der Waals surface area contributed by atoms with Crippen molar-refractivity contribution in [2.24, 2.45) is 0 Å². The molecule has 10 nitrogen and oxygen atoms in total. The molecular formula is C41H50N4O6. The van der Waals surface area contributed by atoms with E-state index in [1.165, 1.54) is 27.8 Å². The van der Waals surface area contributed by atoms with Gasteiger partial charge in [0.25, 0.3) is 0 Å². The minimum atomic E-state index is -0.543. The molecule has 1 N–H and O–H groups in total. The lowest BCUT2D eigenvalue weighted by Gasteiger charge is -2.35. The van der Waals surface area contributed by atoms with Gasteiger partial charge in [0.1, 0.15) is 5.60 Å². The van der Waals surface area contributed by atoms with Gasteiger partial charge in [0.2, 0.25) is 5.75 Å². The first kappa shape index (κ1) is 37.0. The predicted octanol–water partition coefficient (Wildman–Crippen LogP) is 9.08. The summed E-state index contributed by atoms with van der Waals surface area (Å²) in [6, 6.07) is 23.7. The Bertz CT molecular complexity index is 1710. The van der Waals surface area contributed by atoms with Crippen LogP contribution in [0.5, 0.6) is 17.2 Å². The highest BCUT2D eigenvalue weighted by Crippen LogP contribution is 2.40. The van der Waals surface area contributed by atoms with Gasteiger partial charge in [-0.2, -0.15) is 0 Å². The number of hydrogen-bond donors (Lipinski definition) is 1. The van der Waals surface area contributed by atoms with Gasteiger partial charge in [0.15, 0.2) is 11.5 Å². The molecular weight excluding hydrogens is 644 g/mol. The summed E-state index contributed by atoms with van der Waals surface area (Å²) >= 11 is 0. The van der Waals surface area contributed by atoms with Crippen LogP contribution in [0.1, 0.15) is 69.6 Å². The van der Waals surface area contributed by atoms with Crippen molar-refractivity contribution in [3.8, 4) is 28.4 Å². The first-order valence-electron chi connectivity index (χ1n) is 17.5. The lowest BCUT2D eigenvalue weighted by molar-refractivity contribution is 0.00988. The van der Waals surface area contributed by atoms with E-state index in [1.54, 1.807) is 29.4 Å². The molecule has 1 saturated carbocycles. The van der Waals surface area contributed by atoms with Crippen LogP contribution in [0, 0.1) is 0 Å². The van der Waals surface area contributed by atoms with Crippen molar-refractivity contribution in [1.29, 1.82) is 0 Å². The molecule has 270 valence electrons. The number of pyridine rings is 1. The van der Waals surface area contributed by atoms with Crippen molar-refractivity contribution >= 4 is 17.8 Å². The van der Waals surface area contributed by atoms with E-state index in [-0.39, 0.29) is 18.2 Å². The van der Waals surface area contributed by atoms with E-state index < -0.39 is 5.60 Å². The van der Waals surface area contributed by atoms with Gasteiger partial charge in [-0.15, -0.1) is 0 Å². The maximum atomic E-state index is 13.7. The predicted molar refractivity (Wildman–Crippen MR) is 199 cm³/mol. The van der Waals surface area contributed by atoms with E-state index in [2.05, 4.69) is 46.7 Å². The lowest BCUT2D eigenvalue weighted by atomic mass is 9.94. The van der Waals surface area contributed by atoms with E-state index >= 15 is 0 Å². The fourth-order valence-electron chi connectivity index (χ4n) is 6.35. The Kier molecular flexibility index (Phi) is 12.4. The second-order valence-electron chi connectivity index (χ2n) is 13.9. The number of nitrogens with zero attached hydrogens (tertiary/aromatic N) is 3. The van der Waals surface area contributed by atoms with Crippen LogP contribution < -0.4 is 19.5 Å². The fourth-order valence-corrected chi connectivity index (χ4v) is 6.35. The summed E-state index contributed by atoms with van der Waals surface area (Å²) in [6.07, 6.45) is 8.74. The molecule has 1 heterocycles. The smallest absolute Gasteiger partial charge is 0.410 e. The number of carbonyl (C=O) groups is 2. The van der Waals surface area contributed by atoms with E-state index in [1.807, 2.05) is 49.9 Å². The quantitative estimate of drug-likeness (QED) is 0.158. The number of methoxy groups -OCH3 is 3. The summed E-state index contributed by atoms with van der Waals surface area (Å²) in [5.41, 5.74) is 5.04. The minimum absolute atomic E-state index is 0.197. The SMILES string of the molecule is COc1cc(NC(=O)N(Cc2ccc(-c3ccc(CN(C(=O)OC(C)(C)C)C4CCCCC4)cc3)cc2)Cc2cccnc2)cc(OC)c1OC. The Morgan fingerprint density at radius 3 is 1.84 bits per heavy atom. The van der Waals surface area contributed by atoms with Gasteiger partial charge in [0.05, 0.1) is 27.0 Å². The number of rotatable bonds is 12. The van der Waals surface area contributed by atoms with Crippen molar-refractivity contribution in [2.75, 3.05) is 26.6 Å². The minimum Gasteiger partial charge on any atom is -0.493 e. The van der Waals surface area contributed by atoms with Crippen LogP contribution in [0.25, 0.3) is 11.1 Å². The Morgan fingerprint density at radius 2 is 1.33 bits per heavy atom. The van der Waals surface area contributed by atoms with Crippen LogP contribution in [0.3, 0.4) is 0 Å². The summed E-state index contributed by atoms with van der Waals surface area (Å²) in [5.74, 6) is 1.33. The molecule has 0 aliphatic heterocycles. The van der Waals surface area contributed by atoms with Crippen molar-refractivity contribution in [2.45, 2.75) is 84.2 Å². The Morgan fingerprint density at radius 1 is 0.765 bits per heavy atom. The molecule has 3 aromatic carbocycles. The normalized spacial score (nSPS) is 13.2. The fraction of sp³-hybridized carbons (Fsp3) is 0.390. The average Bonchev–Trinajstić information content (AvgIpc) is 3.13. The van der Waals surface area contributed by atoms with Crippen molar-refractivity contribution in [3.05, 3.63) is 102 Å². The van der Waals surface area contributed by atoms with Crippen LogP contribution in [0.4, 0.5) is 15.3 Å². The number of carbonyl (C=O) groups excluding carboxylic acids is 2. The van der Waals surface area contributed by atoms with Gasteiger partial charge in [0, 0.05) is 50.2 Å². The van der Waals surface area contributed by atoms with Crippen LogP contribution in [-0.4, -0.2) is 59.9 Å². The highest BCUT2D eigenvalue weighted by molar-refractivity contribution is 5.90. The van der Waals surface area contributed by atoms with Gasteiger partial charge < -0.3 is 34.1 Å².